The van der Waals surface area contributed by atoms with E-state index < -0.39 is 5.69 Å². The highest BCUT2D eigenvalue weighted by atomic mass is 16.5. The largest absolute Gasteiger partial charge is 0.497 e. The Morgan fingerprint density at radius 1 is 1.06 bits per heavy atom. The SMILES string of the molecule is COc1ccc(-c2nc(C)cc3nn(CC(=O)NCc4ccc(C)cc4)c(=O)n23)cc1. The number of carbonyl (C=O) groups is 1. The first-order valence-electron chi connectivity index (χ1n) is 9.88. The number of nitrogens with zero attached hydrogens (tertiary/aromatic N) is 4. The van der Waals surface area contributed by atoms with Gasteiger partial charge in [0.1, 0.15) is 18.1 Å². The quantitative estimate of drug-likeness (QED) is 0.521. The van der Waals surface area contributed by atoms with Crippen LogP contribution >= 0.6 is 0 Å². The van der Waals surface area contributed by atoms with Gasteiger partial charge in [0.25, 0.3) is 0 Å². The highest BCUT2D eigenvalue weighted by molar-refractivity contribution is 5.75. The van der Waals surface area contributed by atoms with Crippen LogP contribution in [0.25, 0.3) is 17.0 Å². The average molecular weight is 417 g/mol. The minimum Gasteiger partial charge on any atom is -0.497 e. The zero-order valence-corrected chi connectivity index (χ0v) is 17.6. The fraction of sp³-hybridized carbons (Fsp3) is 0.217. The van der Waals surface area contributed by atoms with Gasteiger partial charge in [0.2, 0.25) is 5.91 Å². The number of hydrogen-bond acceptors (Lipinski definition) is 5. The second-order valence-electron chi connectivity index (χ2n) is 7.35. The van der Waals surface area contributed by atoms with E-state index in [1.165, 1.54) is 4.40 Å². The molecule has 0 unspecified atom stereocenters. The number of benzene rings is 2. The molecule has 2 heterocycles. The summed E-state index contributed by atoms with van der Waals surface area (Å²) >= 11 is 0. The second kappa shape index (κ2) is 8.43. The summed E-state index contributed by atoms with van der Waals surface area (Å²) in [5.74, 6) is 0.886. The second-order valence-corrected chi connectivity index (χ2v) is 7.35. The average Bonchev–Trinajstić information content (AvgIpc) is 3.07. The van der Waals surface area contributed by atoms with Crippen molar-refractivity contribution in [2.45, 2.75) is 26.9 Å². The van der Waals surface area contributed by atoms with Gasteiger partial charge in [-0.1, -0.05) is 29.8 Å². The van der Waals surface area contributed by atoms with Crippen molar-refractivity contribution < 1.29 is 9.53 Å². The Bertz CT molecular complexity index is 1290. The fourth-order valence-electron chi connectivity index (χ4n) is 3.29. The minimum atomic E-state index is -0.418. The number of aromatic nitrogens is 4. The summed E-state index contributed by atoms with van der Waals surface area (Å²) in [5, 5.41) is 7.17. The topological polar surface area (TPSA) is 90.5 Å². The van der Waals surface area contributed by atoms with E-state index in [1.807, 2.05) is 50.2 Å². The lowest BCUT2D eigenvalue weighted by Gasteiger charge is -2.06. The van der Waals surface area contributed by atoms with E-state index in [-0.39, 0.29) is 12.5 Å². The third kappa shape index (κ3) is 4.32. The molecule has 4 aromatic rings. The summed E-state index contributed by atoms with van der Waals surface area (Å²) in [6.45, 7) is 4.06. The van der Waals surface area contributed by atoms with Crippen molar-refractivity contribution in [2.75, 3.05) is 7.11 Å². The van der Waals surface area contributed by atoms with Crippen molar-refractivity contribution in [3.63, 3.8) is 0 Å². The Balaban J connectivity index is 1.60. The molecule has 2 aromatic carbocycles. The van der Waals surface area contributed by atoms with Crippen molar-refractivity contribution in [2.24, 2.45) is 0 Å². The molecule has 0 saturated carbocycles. The number of amides is 1. The monoisotopic (exact) mass is 417 g/mol. The molecule has 0 radical (unpaired) electrons. The lowest BCUT2D eigenvalue weighted by Crippen LogP contribution is -2.32. The van der Waals surface area contributed by atoms with Crippen LogP contribution in [-0.2, 0) is 17.9 Å². The molecule has 0 aliphatic heterocycles. The van der Waals surface area contributed by atoms with Crippen LogP contribution in [0.5, 0.6) is 5.75 Å². The molecule has 0 aliphatic rings. The molecule has 0 atom stereocenters. The molecule has 1 amide bonds. The van der Waals surface area contributed by atoms with Gasteiger partial charge < -0.3 is 10.1 Å². The molecule has 8 heteroatoms. The number of carbonyl (C=O) groups excluding carboxylic acids is 1. The molecule has 0 saturated heterocycles. The first kappa shape index (κ1) is 20.3. The van der Waals surface area contributed by atoms with Crippen LogP contribution in [0.15, 0.2) is 59.4 Å². The van der Waals surface area contributed by atoms with E-state index >= 15 is 0 Å². The van der Waals surface area contributed by atoms with Gasteiger partial charge in [-0.25, -0.2) is 18.9 Å². The smallest absolute Gasteiger partial charge is 0.352 e. The van der Waals surface area contributed by atoms with Crippen LogP contribution in [0.2, 0.25) is 0 Å². The van der Waals surface area contributed by atoms with Gasteiger partial charge in [-0.05, 0) is 43.7 Å². The fourth-order valence-corrected chi connectivity index (χ4v) is 3.29. The Morgan fingerprint density at radius 2 is 1.77 bits per heavy atom. The summed E-state index contributed by atoms with van der Waals surface area (Å²) < 4.78 is 7.78. The van der Waals surface area contributed by atoms with Gasteiger partial charge in [0.15, 0.2) is 5.65 Å². The van der Waals surface area contributed by atoms with Crippen LogP contribution in [0.3, 0.4) is 0 Å². The van der Waals surface area contributed by atoms with Crippen LogP contribution in [0.4, 0.5) is 0 Å². The summed E-state index contributed by atoms with van der Waals surface area (Å²) in [6.07, 6.45) is 0. The molecule has 0 aliphatic carbocycles. The molecule has 8 nitrogen and oxygen atoms in total. The number of fused-ring (bicyclic) bond motifs is 1. The molecule has 2 aromatic heterocycles. The van der Waals surface area contributed by atoms with E-state index in [0.717, 1.165) is 27.1 Å². The molecule has 158 valence electrons. The highest BCUT2D eigenvalue weighted by Gasteiger charge is 2.16. The van der Waals surface area contributed by atoms with E-state index in [0.29, 0.717) is 23.8 Å². The predicted octanol–water partition coefficient (Wildman–Crippen LogP) is 2.50. The van der Waals surface area contributed by atoms with Crippen molar-refractivity contribution >= 4 is 11.6 Å². The maximum absolute atomic E-state index is 13.0. The summed E-state index contributed by atoms with van der Waals surface area (Å²) in [7, 11) is 1.59. The summed E-state index contributed by atoms with van der Waals surface area (Å²) in [6, 6.07) is 16.9. The molecule has 1 N–H and O–H groups in total. The molecule has 0 fully saturated rings. The zero-order chi connectivity index (χ0) is 22.0. The van der Waals surface area contributed by atoms with Gasteiger partial charge in [-0.3, -0.25) is 4.79 Å². The lowest BCUT2D eigenvalue weighted by atomic mass is 10.1. The standard InChI is InChI=1S/C23H23N5O3/c1-15-4-6-17(7-5-15)13-24-21(29)14-27-23(30)28-20(26-27)12-16(2)25-22(28)18-8-10-19(31-3)11-9-18/h4-12H,13-14H2,1-3H3,(H,24,29). The van der Waals surface area contributed by atoms with Gasteiger partial charge in [-0.15, -0.1) is 5.10 Å². The Labute approximate surface area is 179 Å². The van der Waals surface area contributed by atoms with Crippen LogP contribution in [0, 0.1) is 13.8 Å². The van der Waals surface area contributed by atoms with E-state index in [9.17, 15) is 9.59 Å². The van der Waals surface area contributed by atoms with E-state index in [2.05, 4.69) is 15.4 Å². The maximum Gasteiger partial charge on any atom is 0.352 e. The van der Waals surface area contributed by atoms with Gasteiger partial charge in [0.05, 0.1) is 7.11 Å². The van der Waals surface area contributed by atoms with Crippen LogP contribution in [-0.4, -0.2) is 32.2 Å². The first-order chi connectivity index (χ1) is 14.9. The van der Waals surface area contributed by atoms with Crippen molar-refractivity contribution in [1.29, 1.82) is 0 Å². The normalized spacial score (nSPS) is 10.9. The van der Waals surface area contributed by atoms with Crippen molar-refractivity contribution in [3.8, 4) is 17.1 Å². The van der Waals surface area contributed by atoms with E-state index in [1.54, 1.807) is 25.3 Å². The van der Waals surface area contributed by atoms with Gasteiger partial charge in [-0.2, -0.15) is 0 Å². The maximum atomic E-state index is 13.0. The number of nitrogens with one attached hydrogen (secondary N) is 1. The molecular formula is C23H23N5O3. The minimum absolute atomic E-state index is 0.173. The predicted molar refractivity (Wildman–Crippen MR) is 117 cm³/mol. The van der Waals surface area contributed by atoms with E-state index in [4.69, 9.17) is 4.74 Å². The Morgan fingerprint density at radius 3 is 2.45 bits per heavy atom. The molecule has 0 spiro atoms. The zero-order valence-electron chi connectivity index (χ0n) is 17.6. The third-order valence-corrected chi connectivity index (χ3v) is 4.95. The number of methoxy groups -OCH3 is 1. The lowest BCUT2D eigenvalue weighted by molar-refractivity contribution is -0.122. The molecule has 31 heavy (non-hydrogen) atoms. The number of ether oxygens (including phenoxy) is 1. The van der Waals surface area contributed by atoms with Crippen LogP contribution < -0.4 is 15.7 Å². The molecule has 0 bridgehead atoms. The van der Waals surface area contributed by atoms with Crippen molar-refractivity contribution in [3.05, 3.63) is 81.9 Å². The third-order valence-electron chi connectivity index (χ3n) is 4.95. The number of hydrogen-bond donors (Lipinski definition) is 1. The number of rotatable bonds is 6. The molecular weight excluding hydrogens is 394 g/mol. The number of aryl methyl sites for hydroxylation is 2. The van der Waals surface area contributed by atoms with Gasteiger partial charge >= 0.3 is 5.69 Å². The highest BCUT2D eigenvalue weighted by Crippen LogP contribution is 2.21. The van der Waals surface area contributed by atoms with Gasteiger partial charge in [0, 0.05) is 23.9 Å². The van der Waals surface area contributed by atoms with Crippen molar-refractivity contribution in [1.82, 2.24) is 24.5 Å². The summed E-state index contributed by atoms with van der Waals surface area (Å²) in [5.41, 5.74) is 3.64. The summed E-state index contributed by atoms with van der Waals surface area (Å²) in [4.78, 5) is 30.0. The Hall–Kier alpha value is -3.94. The Kier molecular flexibility index (Phi) is 5.53. The molecule has 4 rings (SSSR count). The van der Waals surface area contributed by atoms with Crippen LogP contribution in [0.1, 0.15) is 16.8 Å². The first-order valence-corrected chi connectivity index (χ1v) is 9.88.